The second kappa shape index (κ2) is 4.18. The summed E-state index contributed by atoms with van der Waals surface area (Å²) in [7, 11) is 1.81. The largest absolute Gasteiger partial charge is 0.481 e. The first-order valence-electron chi connectivity index (χ1n) is 3.83. The molecule has 1 rings (SSSR count). The molecule has 0 saturated heterocycles. The van der Waals surface area contributed by atoms with E-state index in [1.165, 1.54) is 11.5 Å². The quantitative estimate of drug-likeness (QED) is 0.779. The number of hydrogen-bond acceptors (Lipinski definition) is 5. The molecule has 0 aliphatic carbocycles. The third-order valence-corrected chi connectivity index (χ3v) is 2.43. The fourth-order valence-corrected chi connectivity index (χ4v) is 1.46. The van der Waals surface area contributed by atoms with Gasteiger partial charge in [-0.3, -0.25) is 4.79 Å². The first kappa shape index (κ1) is 9.91. The van der Waals surface area contributed by atoms with Crippen molar-refractivity contribution in [1.82, 2.24) is 9.36 Å². The Morgan fingerprint density at radius 2 is 2.38 bits per heavy atom. The van der Waals surface area contributed by atoms with E-state index in [4.69, 9.17) is 5.11 Å². The smallest absolute Gasteiger partial charge is 0.305 e. The minimum absolute atomic E-state index is 0.120. The lowest BCUT2D eigenvalue weighted by atomic mass is 10.4. The molecule has 6 heteroatoms. The maximum atomic E-state index is 10.3. The molecular weight excluding hydrogens is 190 g/mol. The minimum Gasteiger partial charge on any atom is -0.481 e. The molecule has 0 atom stereocenters. The standard InChI is InChI=1S/C7H11N3O2S/c1-5-8-7(13-9-5)10(2)4-3-6(11)12/h3-4H2,1-2H3,(H,11,12). The van der Waals surface area contributed by atoms with E-state index < -0.39 is 5.97 Å². The van der Waals surface area contributed by atoms with Crippen LogP contribution >= 0.6 is 11.5 Å². The topological polar surface area (TPSA) is 66.3 Å². The number of anilines is 1. The highest BCUT2D eigenvalue weighted by Crippen LogP contribution is 2.14. The van der Waals surface area contributed by atoms with Gasteiger partial charge < -0.3 is 10.0 Å². The summed E-state index contributed by atoms with van der Waals surface area (Å²) in [5, 5.41) is 9.22. The van der Waals surface area contributed by atoms with Crippen LogP contribution in [0.4, 0.5) is 5.13 Å². The van der Waals surface area contributed by atoms with Gasteiger partial charge in [-0.25, -0.2) is 4.98 Å². The van der Waals surface area contributed by atoms with Gasteiger partial charge in [0.05, 0.1) is 6.42 Å². The van der Waals surface area contributed by atoms with E-state index in [2.05, 4.69) is 9.36 Å². The molecule has 72 valence electrons. The lowest BCUT2D eigenvalue weighted by Gasteiger charge is -2.12. The van der Waals surface area contributed by atoms with E-state index >= 15 is 0 Å². The maximum absolute atomic E-state index is 10.3. The molecule has 1 heterocycles. The monoisotopic (exact) mass is 201 g/mol. The third kappa shape index (κ3) is 2.98. The molecule has 5 nitrogen and oxygen atoms in total. The molecule has 1 N–H and O–H groups in total. The molecule has 0 amide bonds. The number of carboxylic acids is 1. The first-order chi connectivity index (χ1) is 6.09. The second-order valence-electron chi connectivity index (χ2n) is 2.69. The molecule has 13 heavy (non-hydrogen) atoms. The average Bonchev–Trinajstić information content (AvgIpc) is 2.47. The molecule has 0 aliphatic heterocycles. The Bertz CT molecular complexity index is 300. The first-order valence-corrected chi connectivity index (χ1v) is 4.60. The Hall–Kier alpha value is -1.17. The number of aliphatic carboxylic acids is 1. The summed E-state index contributed by atoms with van der Waals surface area (Å²) in [5.74, 6) is -0.0738. The summed E-state index contributed by atoms with van der Waals surface area (Å²) >= 11 is 1.28. The van der Waals surface area contributed by atoms with Crippen molar-refractivity contribution in [2.24, 2.45) is 0 Å². The highest BCUT2D eigenvalue weighted by molar-refractivity contribution is 7.09. The lowest BCUT2D eigenvalue weighted by molar-refractivity contribution is -0.136. The summed E-state index contributed by atoms with van der Waals surface area (Å²) in [6, 6.07) is 0. The van der Waals surface area contributed by atoms with Crippen LogP contribution in [0.5, 0.6) is 0 Å². The average molecular weight is 201 g/mol. The zero-order valence-electron chi connectivity index (χ0n) is 7.52. The van der Waals surface area contributed by atoms with Gasteiger partial charge >= 0.3 is 5.97 Å². The van der Waals surface area contributed by atoms with Crippen LogP contribution in [0, 0.1) is 6.92 Å². The SMILES string of the molecule is Cc1nsc(N(C)CCC(=O)O)n1. The van der Waals surface area contributed by atoms with E-state index in [9.17, 15) is 4.79 Å². The molecule has 0 unspecified atom stereocenters. The zero-order chi connectivity index (χ0) is 9.84. The summed E-state index contributed by atoms with van der Waals surface area (Å²) in [6.07, 6.45) is 0.120. The van der Waals surface area contributed by atoms with Crippen LogP contribution in [0.15, 0.2) is 0 Å². The van der Waals surface area contributed by atoms with Crippen LogP contribution < -0.4 is 4.90 Å². The number of hydrogen-bond donors (Lipinski definition) is 1. The van der Waals surface area contributed by atoms with Crippen molar-refractivity contribution in [2.75, 3.05) is 18.5 Å². The van der Waals surface area contributed by atoms with E-state index in [1.54, 1.807) is 4.90 Å². The van der Waals surface area contributed by atoms with Crippen LogP contribution in [0.3, 0.4) is 0 Å². The van der Waals surface area contributed by atoms with Crippen molar-refractivity contribution < 1.29 is 9.90 Å². The fourth-order valence-electron chi connectivity index (χ4n) is 0.800. The molecule has 1 aromatic heterocycles. The second-order valence-corrected chi connectivity index (χ2v) is 3.42. The Morgan fingerprint density at radius 3 is 2.85 bits per heavy atom. The fraction of sp³-hybridized carbons (Fsp3) is 0.571. The molecule has 0 spiro atoms. The van der Waals surface area contributed by atoms with Gasteiger partial charge in [0.2, 0.25) is 5.13 Å². The van der Waals surface area contributed by atoms with Crippen molar-refractivity contribution in [1.29, 1.82) is 0 Å². The molecule has 0 aromatic carbocycles. The summed E-state index contributed by atoms with van der Waals surface area (Å²) in [5.41, 5.74) is 0. The van der Waals surface area contributed by atoms with Crippen molar-refractivity contribution in [3.05, 3.63) is 5.82 Å². The summed E-state index contributed by atoms with van der Waals surface area (Å²) in [4.78, 5) is 16.2. The van der Waals surface area contributed by atoms with Crippen molar-refractivity contribution in [3.63, 3.8) is 0 Å². The predicted molar refractivity (Wildman–Crippen MR) is 50.2 cm³/mol. The Kier molecular flexibility index (Phi) is 3.18. The van der Waals surface area contributed by atoms with Gasteiger partial charge in [-0.05, 0) is 6.92 Å². The third-order valence-electron chi connectivity index (χ3n) is 1.50. The van der Waals surface area contributed by atoms with Gasteiger partial charge in [0.25, 0.3) is 0 Å². The highest BCUT2D eigenvalue weighted by Gasteiger charge is 2.07. The minimum atomic E-state index is -0.798. The van der Waals surface area contributed by atoms with Gasteiger partial charge in [0.1, 0.15) is 5.82 Å². The van der Waals surface area contributed by atoms with E-state index in [0.717, 1.165) is 11.0 Å². The van der Waals surface area contributed by atoms with E-state index in [-0.39, 0.29) is 6.42 Å². The molecule has 1 aromatic rings. The number of rotatable bonds is 4. The maximum Gasteiger partial charge on any atom is 0.305 e. The Labute approximate surface area is 80.2 Å². The van der Waals surface area contributed by atoms with Crippen LogP contribution in [0.1, 0.15) is 12.2 Å². The number of aryl methyl sites for hydroxylation is 1. The predicted octanol–water partition coefficient (Wildman–Crippen LogP) is 0.757. The van der Waals surface area contributed by atoms with Gasteiger partial charge in [0.15, 0.2) is 0 Å². The number of carbonyl (C=O) groups is 1. The van der Waals surface area contributed by atoms with Gasteiger partial charge in [-0.15, -0.1) is 0 Å². The number of carboxylic acid groups (broad SMARTS) is 1. The zero-order valence-corrected chi connectivity index (χ0v) is 8.34. The summed E-state index contributed by atoms with van der Waals surface area (Å²) < 4.78 is 4.01. The molecule has 0 aliphatic rings. The number of nitrogens with zero attached hydrogens (tertiary/aromatic N) is 3. The Balaban J connectivity index is 2.48. The van der Waals surface area contributed by atoms with E-state index in [0.29, 0.717) is 6.54 Å². The van der Waals surface area contributed by atoms with Gasteiger partial charge in [0, 0.05) is 25.1 Å². The molecular formula is C7H11N3O2S. The summed E-state index contributed by atoms with van der Waals surface area (Å²) in [6.45, 7) is 2.27. The van der Waals surface area contributed by atoms with Crippen LogP contribution in [0.2, 0.25) is 0 Å². The molecule has 0 saturated carbocycles. The van der Waals surface area contributed by atoms with Crippen LogP contribution in [0.25, 0.3) is 0 Å². The van der Waals surface area contributed by atoms with Crippen molar-refractivity contribution >= 4 is 22.6 Å². The highest BCUT2D eigenvalue weighted by atomic mass is 32.1. The normalized spacial score (nSPS) is 10.0. The van der Waals surface area contributed by atoms with Crippen molar-refractivity contribution in [3.8, 4) is 0 Å². The van der Waals surface area contributed by atoms with Crippen molar-refractivity contribution in [2.45, 2.75) is 13.3 Å². The number of aromatic nitrogens is 2. The van der Waals surface area contributed by atoms with Crippen LogP contribution in [-0.4, -0.2) is 34.0 Å². The molecule has 0 fully saturated rings. The van der Waals surface area contributed by atoms with Gasteiger partial charge in [-0.2, -0.15) is 4.37 Å². The Morgan fingerprint density at radius 1 is 1.69 bits per heavy atom. The molecule has 0 radical (unpaired) electrons. The lowest BCUT2D eigenvalue weighted by Crippen LogP contribution is -2.20. The molecule has 0 bridgehead atoms. The van der Waals surface area contributed by atoms with E-state index in [1.807, 2.05) is 14.0 Å². The van der Waals surface area contributed by atoms with Gasteiger partial charge in [-0.1, -0.05) is 0 Å². The van der Waals surface area contributed by atoms with Crippen LogP contribution in [-0.2, 0) is 4.79 Å².